The van der Waals surface area contributed by atoms with E-state index in [1.165, 1.54) is 11.3 Å². The third kappa shape index (κ3) is 1.42. The number of hydrogen-bond acceptors (Lipinski definition) is 5. The molecule has 3 aromatic rings. The Labute approximate surface area is 108 Å². The molecular formula is C10H7BrN4OS. The van der Waals surface area contributed by atoms with Crippen LogP contribution in [-0.2, 0) is 0 Å². The molecule has 0 atom stereocenters. The minimum atomic E-state index is -0.217. The monoisotopic (exact) mass is 310 g/mol. The van der Waals surface area contributed by atoms with Crippen LogP contribution in [0.15, 0.2) is 9.27 Å². The number of hydrogen-bond donors (Lipinski definition) is 1. The van der Waals surface area contributed by atoms with Crippen molar-refractivity contribution in [3.05, 3.63) is 26.1 Å². The number of thiophene rings is 1. The second kappa shape index (κ2) is 3.58. The lowest BCUT2D eigenvalue weighted by atomic mass is 10.1. The number of aryl methyl sites for hydroxylation is 2. The number of pyridine rings is 1. The molecule has 0 aromatic carbocycles. The van der Waals surface area contributed by atoms with E-state index in [1.807, 2.05) is 13.8 Å². The molecule has 86 valence electrons. The normalized spacial score (nSPS) is 11.5. The minimum absolute atomic E-state index is 0.217. The Kier molecular flexibility index (Phi) is 2.27. The Morgan fingerprint density at radius 1 is 1.35 bits per heavy atom. The zero-order valence-electron chi connectivity index (χ0n) is 9.04. The summed E-state index contributed by atoms with van der Waals surface area (Å²) < 4.78 is 1.52. The van der Waals surface area contributed by atoms with Crippen LogP contribution >= 0.6 is 27.3 Å². The average molecular weight is 311 g/mol. The summed E-state index contributed by atoms with van der Waals surface area (Å²) >= 11 is 4.84. The van der Waals surface area contributed by atoms with Gasteiger partial charge in [0, 0.05) is 9.86 Å². The predicted octanol–water partition coefficient (Wildman–Crippen LogP) is 2.31. The first kappa shape index (κ1) is 10.8. The molecule has 0 amide bonds. The molecular weight excluding hydrogens is 304 g/mol. The fraction of sp³-hybridized carbons (Fsp3) is 0.200. The summed E-state index contributed by atoms with van der Waals surface area (Å²) in [5, 5.41) is 10.9. The number of nitrogens with one attached hydrogen (secondary N) is 1. The van der Waals surface area contributed by atoms with Gasteiger partial charge in [-0.15, -0.1) is 16.4 Å². The third-order valence-electron chi connectivity index (χ3n) is 2.66. The highest BCUT2D eigenvalue weighted by Crippen LogP contribution is 2.35. The second-order valence-corrected chi connectivity index (χ2v) is 5.53. The summed E-state index contributed by atoms with van der Waals surface area (Å²) in [6.45, 7) is 3.91. The maximum atomic E-state index is 11.6. The minimum Gasteiger partial charge on any atom is -0.266 e. The van der Waals surface area contributed by atoms with Crippen molar-refractivity contribution in [2.75, 3.05) is 0 Å². The van der Waals surface area contributed by atoms with Crippen LogP contribution in [0.5, 0.6) is 0 Å². The second-order valence-electron chi connectivity index (χ2n) is 3.74. The van der Waals surface area contributed by atoms with Gasteiger partial charge in [0.2, 0.25) is 0 Å². The van der Waals surface area contributed by atoms with Crippen molar-refractivity contribution in [2.45, 2.75) is 13.8 Å². The van der Waals surface area contributed by atoms with Crippen molar-refractivity contribution in [3.63, 3.8) is 0 Å². The van der Waals surface area contributed by atoms with Crippen molar-refractivity contribution >= 4 is 47.7 Å². The first-order chi connectivity index (χ1) is 8.09. The van der Waals surface area contributed by atoms with E-state index in [4.69, 9.17) is 0 Å². The highest BCUT2D eigenvalue weighted by molar-refractivity contribution is 9.10. The molecule has 3 rings (SSSR count). The Hall–Kier alpha value is -1.34. The molecule has 0 radical (unpaired) electrons. The summed E-state index contributed by atoms with van der Waals surface area (Å²) in [6.07, 6.45) is 0. The number of halogens is 1. The Bertz CT molecular complexity index is 807. The number of fused-ring (bicyclic) bond motifs is 3. The van der Waals surface area contributed by atoms with E-state index in [0.717, 1.165) is 25.9 Å². The zero-order valence-corrected chi connectivity index (χ0v) is 11.4. The van der Waals surface area contributed by atoms with Gasteiger partial charge in [-0.05, 0) is 35.3 Å². The number of aromatic nitrogens is 4. The van der Waals surface area contributed by atoms with Crippen LogP contribution in [-0.4, -0.2) is 20.4 Å². The van der Waals surface area contributed by atoms with Gasteiger partial charge in [-0.1, -0.05) is 5.21 Å². The molecule has 0 aliphatic rings. The van der Waals surface area contributed by atoms with E-state index < -0.39 is 0 Å². The first-order valence-corrected chi connectivity index (χ1v) is 6.51. The standard InChI is InChI=1S/C10H7BrN4OS/c1-3-5-7-8(9(16)14-15-13-7)17-10(5)12-4(2)6(3)11/h1-2H3,(H,13,14,16). The summed E-state index contributed by atoms with van der Waals surface area (Å²) in [6, 6.07) is 0. The number of rotatable bonds is 0. The third-order valence-corrected chi connectivity index (χ3v) is 4.90. The van der Waals surface area contributed by atoms with Crippen molar-refractivity contribution in [3.8, 4) is 0 Å². The van der Waals surface area contributed by atoms with Crippen molar-refractivity contribution in [1.29, 1.82) is 0 Å². The van der Waals surface area contributed by atoms with Gasteiger partial charge in [0.25, 0.3) is 5.56 Å². The molecule has 0 aliphatic heterocycles. The van der Waals surface area contributed by atoms with Crippen LogP contribution < -0.4 is 5.56 Å². The molecule has 17 heavy (non-hydrogen) atoms. The van der Waals surface area contributed by atoms with Gasteiger partial charge in [0.15, 0.2) is 0 Å². The SMILES string of the molecule is Cc1nc2sc3c(=O)[nH]nnc3c2c(C)c1Br. The maximum Gasteiger partial charge on any atom is 0.285 e. The lowest BCUT2D eigenvalue weighted by Crippen LogP contribution is -2.07. The van der Waals surface area contributed by atoms with Crippen LogP contribution in [0.2, 0.25) is 0 Å². The fourth-order valence-corrected chi connectivity index (χ4v) is 3.22. The predicted molar refractivity (Wildman–Crippen MR) is 70.5 cm³/mol. The lowest BCUT2D eigenvalue weighted by Gasteiger charge is -2.02. The van der Waals surface area contributed by atoms with Gasteiger partial charge in [-0.3, -0.25) is 4.79 Å². The van der Waals surface area contributed by atoms with Crippen LogP contribution in [0.3, 0.4) is 0 Å². The molecule has 0 aliphatic carbocycles. The van der Waals surface area contributed by atoms with Gasteiger partial charge in [0.05, 0.1) is 5.69 Å². The number of H-pyrrole nitrogens is 1. The molecule has 3 heterocycles. The van der Waals surface area contributed by atoms with E-state index in [-0.39, 0.29) is 5.56 Å². The van der Waals surface area contributed by atoms with E-state index in [9.17, 15) is 4.79 Å². The van der Waals surface area contributed by atoms with Gasteiger partial charge in [0.1, 0.15) is 15.0 Å². The van der Waals surface area contributed by atoms with Crippen molar-refractivity contribution < 1.29 is 0 Å². The molecule has 7 heteroatoms. The smallest absolute Gasteiger partial charge is 0.266 e. The van der Waals surface area contributed by atoms with Gasteiger partial charge in [-0.2, -0.15) is 0 Å². The van der Waals surface area contributed by atoms with Crippen LogP contribution in [0, 0.1) is 13.8 Å². The van der Waals surface area contributed by atoms with Gasteiger partial charge >= 0.3 is 0 Å². The highest BCUT2D eigenvalue weighted by Gasteiger charge is 2.16. The average Bonchev–Trinajstić information content (AvgIpc) is 2.66. The first-order valence-electron chi connectivity index (χ1n) is 4.90. The zero-order chi connectivity index (χ0) is 12.2. The summed E-state index contributed by atoms with van der Waals surface area (Å²) in [5.74, 6) is 0. The molecule has 0 fully saturated rings. The quantitative estimate of drug-likeness (QED) is 0.691. The Morgan fingerprint density at radius 3 is 2.88 bits per heavy atom. The van der Waals surface area contributed by atoms with E-state index in [1.54, 1.807) is 0 Å². The molecule has 0 bridgehead atoms. The summed E-state index contributed by atoms with van der Waals surface area (Å²) in [4.78, 5) is 16.9. The van der Waals surface area contributed by atoms with Crippen LogP contribution in [0.4, 0.5) is 0 Å². The fourth-order valence-electron chi connectivity index (χ4n) is 1.83. The van der Waals surface area contributed by atoms with Crippen LogP contribution in [0.1, 0.15) is 11.3 Å². The molecule has 0 unspecified atom stereocenters. The molecule has 0 spiro atoms. The van der Waals surface area contributed by atoms with E-state index in [0.29, 0.717) is 10.2 Å². The summed E-state index contributed by atoms with van der Waals surface area (Å²) in [7, 11) is 0. The van der Waals surface area contributed by atoms with E-state index >= 15 is 0 Å². The van der Waals surface area contributed by atoms with Crippen molar-refractivity contribution in [2.24, 2.45) is 0 Å². The van der Waals surface area contributed by atoms with Gasteiger partial charge < -0.3 is 0 Å². The largest absolute Gasteiger partial charge is 0.285 e. The Balaban J connectivity index is 2.67. The van der Waals surface area contributed by atoms with Gasteiger partial charge in [-0.25, -0.2) is 10.1 Å². The molecule has 0 saturated heterocycles. The van der Waals surface area contributed by atoms with Crippen molar-refractivity contribution in [1.82, 2.24) is 20.4 Å². The molecule has 3 aromatic heterocycles. The molecule has 5 nitrogen and oxygen atoms in total. The molecule has 0 saturated carbocycles. The maximum absolute atomic E-state index is 11.6. The van der Waals surface area contributed by atoms with E-state index in [2.05, 4.69) is 36.3 Å². The summed E-state index contributed by atoms with van der Waals surface area (Å²) in [5.41, 5.74) is 2.36. The topological polar surface area (TPSA) is 71.5 Å². The van der Waals surface area contributed by atoms with Crippen LogP contribution in [0.25, 0.3) is 20.4 Å². The number of nitrogens with zero attached hydrogens (tertiary/aromatic N) is 3. The number of aromatic amines is 1. The highest BCUT2D eigenvalue weighted by atomic mass is 79.9. The lowest BCUT2D eigenvalue weighted by molar-refractivity contribution is 0.876. The molecule has 1 N–H and O–H groups in total. The Morgan fingerprint density at radius 2 is 2.12 bits per heavy atom.